The molecule has 3 N–H and O–H groups in total. The van der Waals surface area contributed by atoms with Gasteiger partial charge < -0.3 is 15.7 Å². The van der Waals surface area contributed by atoms with E-state index in [0.29, 0.717) is 11.5 Å². The number of rotatable bonds is 5. The fourth-order valence-electron chi connectivity index (χ4n) is 2.23. The molecule has 136 valence electrons. The van der Waals surface area contributed by atoms with Crippen LogP contribution >= 0.6 is 23.2 Å². The molecule has 3 rings (SSSR count). The van der Waals surface area contributed by atoms with Gasteiger partial charge in [0.2, 0.25) is 0 Å². The van der Waals surface area contributed by atoms with Crippen molar-refractivity contribution in [3.05, 3.63) is 76.0 Å². The molecule has 0 bridgehead atoms. The van der Waals surface area contributed by atoms with Crippen molar-refractivity contribution < 1.29 is 14.7 Å². The fraction of sp³-hybridized carbons (Fsp3) is 0. The first-order chi connectivity index (χ1) is 12.9. The molecule has 0 aliphatic rings. The van der Waals surface area contributed by atoms with E-state index in [1.807, 2.05) is 0 Å². The van der Waals surface area contributed by atoms with Crippen LogP contribution < -0.4 is 10.6 Å². The van der Waals surface area contributed by atoms with E-state index in [9.17, 15) is 9.59 Å². The summed E-state index contributed by atoms with van der Waals surface area (Å²) in [6.45, 7) is 0. The summed E-state index contributed by atoms with van der Waals surface area (Å²) < 4.78 is 0. The lowest BCUT2D eigenvalue weighted by Crippen LogP contribution is -2.14. The normalized spacial score (nSPS) is 10.3. The summed E-state index contributed by atoms with van der Waals surface area (Å²) in [5.41, 5.74) is 0.955. The van der Waals surface area contributed by atoms with Gasteiger partial charge in [-0.05, 0) is 36.4 Å². The summed E-state index contributed by atoms with van der Waals surface area (Å²) in [6, 6.07) is 12.4. The highest BCUT2D eigenvalue weighted by Crippen LogP contribution is 2.25. The van der Waals surface area contributed by atoms with Crippen LogP contribution in [0.25, 0.3) is 0 Å². The van der Waals surface area contributed by atoms with Gasteiger partial charge in [0, 0.05) is 11.8 Å². The number of hydrogen-bond acceptors (Lipinski definition) is 5. The molecule has 1 amide bonds. The highest BCUT2D eigenvalue weighted by atomic mass is 35.5. The monoisotopic (exact) mass is 402 g/mol. The van der Waals surface area contributed by atoms with E-state index in [-0.39, 0.29) is 27.0 Å². The number of nitrogens with zero attached hydrogens (tertiary/aromatic N) is 2. The van der Waals surface area contributed by atoms with E-state index in [4.69, 9.17) is 28.3 Å². The molecule has 0 radical (unpaired) electrons. The van der Waals surface area contributed by atoms with Crippen molar-refractivity contribution in [1.29, 1.82) is 0 Å². The lowest BCUT2D eigenvalue weighted by Gasteiger charge is -2.10. The van der Waals surface area contributed by atoms with Gasteiger partial charge in [0.15, 0.2) is 0 Å². The Hall–Kier alpha value is -3.16. The fourth-order valence-corrected chi connectivity index (χ4v) is 2.80. The molecule has 27 heavy (non-hydrogen) atoms. The number of amides is 1. The van der Waals surface area contributed by atoms with Gasteiger partial charge in [-0.15, -0.1) is 0 Å². The maximum absolute atomic E-state index is 12.4. The van der Waals surface area contributed by atoms with Crippen LogP contribution in [0, 0.1) is 0 Å². The average molecular weight is 403 g/mol. The van der Waals surface area contributed by atoms with Crippen LogP contribution in [0.3, 0.4) is 0 Å². The van der Waals surface area contributed by atoms with Gasteiger partial charge in [0.25, 0.3) is 5.91 Å². The van der Waals surface area contributed by atoms with E-state index in [1.165, 1.54) is 24.5 Å². The topological polar surface area (TPSA) is 104 Å². The van der Waals surface area contributed by atoms with Crippen molar-refractivity contribution in [1.82, 2.24) is 9.97 Å². The summed E-state index contributed by atoms with van der Waals surface area (Å²) in [7, 11) is 0. The van der Waals surface area contributed by atoms with Crippen molar-refractivity contribution in [3.8, 4) is 0 Å². The lowest BCUT2D eigenvalue weighted by atomic mass is 10.2. The smallest absolute Gasteiger partial charge is 0.335 e. The second-order valence-electron chi connectivity index (χ2n) is 5.35. The predicted octanol–water partition coefficient (Wildman–Crippen LogP) is 4.48. The zero-order chi connectivity index (χ0) is 19.4. The van der Waals surface area contributed by atoms with Crippen LogP contribution in [-0.4, -0.2) is 27.0 Å². The Morgan fingerprint density at radius 2 is 1.56 bits per heavy atom. The average Bonchev–Trinajstić information content (AvgIpc) is 2.62. The molecule has 0 spiro atoms. The van der Waals surface area contributed by atoms with Crippen LogP contribution in [0.5, 0.6) is 0 Å². The standard InChI is InChI=1S/C18H12Cl2N4O3/c19-12-2-1-3-13(20)16(12)17(25)24-15-8-14(21-9-22-15)23-11-6-4-10(5-7-11)18(26)27/h1-9H,(H,26,27)(H2,21,22,23,24,25). The van der Waals surface area contributed by atoms with Crippen LogP contribution in [0.1, 0.15) is 20.7 Å². The second kappa shape index (κ2) is 8.03. The van der Waals surface area contributed by atoms with Gasteiger partial charge in [-0.25, -0.2) is 14.8 Å². The number of carbonyl (C=O) groups is 2. The summed E-state index contributed by atoms with van der Waals surface area (Å²) >= 11 is 12.1. The molecule has 0 aliphatic heterocycles. The van der Waals surface area contributed by atoms with Crippen molar-refractivity contribution in [2.45, 2.75) is 0 Å². The second-order valence-corrected chi connectivity index (χ2v) is 6.16. The Bertz CT molecular complexity index is 989. The minimum absolute atomic E-state index is 0.151. The van der Waals surface area contributed by atoms with Gasteiger partial charge in [-0.2, -0.15) is 0 Å². The van der Waals surface area contributed by atoms with Crippen LogP contribution in [0.2, 0.25) is 10.0 Å². The van der Waals surface area contributed by atoms with E-state index in [2.05, 4.69) is 20.6 Å². The van der Waals surface area contributed by atoms with Crippen LogP contribution in [0.4, 0.5) is 17.3 Å². The molecule has 1 heterocycles. The molecular formula is C18H12Cl2N4O3. The number of halogens is 2. The number of nitrogens with one attached hydrogen (secondary N) is 2. The van der Waals surface area contributed by atoms with Gasteiger partial charge in [-0.1, -0.05) is 29.3 Å². The Balaban J connectivity index is 1.75. The van der Waals surface area contributed by atoms with E-state index in [1.54, 1.807) is 30.3 Å². The van der Waals surface area contributed by atoms with Crippen LogP contribution in [-0.2, 0) is 0 Å². The lowest BCUT2D eigenvalue weighted by molar-refractivity contribution is 0.0696. The van der Waals surface area contributed by atoms with E-state index >= 15 is 0 Å². The first-order valence-electron chi connectivity index (χ1n) is 7.62. The molecule has 3 aromatic rings. The minimum Gasteiger partial charge on any atom is -0.478 e. The van der Waals surface area contributed by atoms with E-state index in [0.717, 1.165) is 0 Å². The number of carbonyl (C=O) groups excluding carboxylic acids is 1. The molecule has 0 aliphatic carbocycles. The summed E-state index contributed by atoms with van der Waals surface area (Å²) in [4.78, 5) is 31.4. The zero-order valence-electron chi connectivity index (χ0n) is 13.6. The van der Waals surface area contributed by atoms with Crippen LogP contribution in [0.15, 0.2) is 54.9 Å². The third kappa shape index (κ3) is 4.52. The summed E-state index contributed by atoms with van der Waals surface area (Å²) in [5, 5.41) is 15.0. The number of carboxylic acids is 1. The van der Waals surface area contributed by atoms with E-state index < -0.39 is 11.9 Å². The van der Waals surface area contributed by atoms with Crippen molar-refractivity contribution in [2.24, 2.45) is 0 Å². The quantitative estimate of drug-likeness (QED) is 0.581. The molecule has 7 nitrogen and oxygen atoms in total. The third-order valence-electron chi connectivity index (χ3n) is 3.50. The molecule has 1 aromatic heterocycles. The van der Waals surface area contributed by atoms with Gasteiger partial charge in [0.05, 0.1) is 21.2 Å². The van der Waals surface area contributed by atoms with Crippen molar-refractivity contribution in [2.75, 3.05) is 10.6 Å². The van der Waals surface area contributed by atoms with Gasteiger partial charge >= 0.3 is 5.97 Å². The maximum atomic E-state index is 12.4. The molecule has 0 saturated heterocycles. The number of aromatic nitrogens is 2. The maximum Gasteiger partial charge on any atom is 0.335 e. The number of anilines is 3. The third-order valence-corrected chi connectivity index (χ3v) is 4.13. The molecule has 9 heteroatoms. The SMILES string of the molecule is O=C(O)c1ccc(Nc2cc(NC(=O)c3c(Cl)cccc3Cl)ncn2)cc1. The van der Waals surface area contributed by atoms with Gasteiger partial charge in [-0.3, -0.25) is 4.79 Å². The van der Waals surface area contributed by atoms with Crippen molar-refractivity contribution in [3.63, 3.8) is 0 Å². The highest BCUT2D eigenvalue weighted by molar-refractivity contribution is 6.40. The number of benzene rings is 2. The summed E-state index contributed by atoms with van der Waals surface area (Å²) in [6.07, 6.45) is 1.28. The number of hydrogen-bond donors (Lipinski definition) is 3. The Kier molecular flexibility index (Phi) is 5.54. The minimum atomic E-state index is -1.01. The Morgan fingerprint density at radius 3 is 2.19 bits per heavy atom. The van der Waals surface area contributed by atoms with Crippen molar-refractivity contribution >= 4 is 52.4 Å². The molecular weight excluding hydrogens is 391 g/mol. The summed E-state index contributed by atoms with van der Waals surface area (Å²) in [5.74, 6) is -0.850. The molecule has 0 atom stereocenters. The first kappa shape index (κ1) is 18.6. The molecule has 2 aromatic carbocycles. The largest absolute Gasteiger partial charge is 0.478 e. The molecule has 0 saturated carbocycles. The van der Waals surface area contributed by atoms with Gasteiger partial charge in [0.1, 0.15) is 18.0 Å². The predicted molar refractivity (Wildman–Crippen MR) is 103 cm³/mol. The first-order valence-corrected chi connectivity index (χ1v) is 8.37. The molecule has 0 unspecified atom stereocenters. The Labute approximate surface area is 164 Å². The number of aromatic carboxylic acids is 1. The highest BCUT2D eigenvalue weighted by Gasteiger charge is 2.15. The molecule has 0 fully saturated rings. The zero-order valence-corrected chi connectivity index (χ0v) is 15.1. The number of carboxylic acid groups (broad SMARTS) is 1. The Morgan fingerprint density at radius 1 is 0.926 bits per heavy atom.